The van der Waals surface area contributed by atoms with E-state index in [4.69, 9.17) is 16.3 Å². The standard InChI is InChI=1S/C21H17ClF3N3O2/c1-12-15(9-10-30-12)20(29)26-19-18-16(22)3-2-4-17(18)28(27-19)11-13-5-7-14(8-6-13)21(23,24)25/h2-10,12,15H,11H2,1H3,(H,26,27,29). The molecule has 156 valence electrons. The molecule has 0 radical (unpaired) electrons. The minimum Gasteiger partial charge on any atom is -0.497 e. The lowest BCUT2D eigenvalue weighted by Crippen LogP contribution is -2.28. The third-order valence-electron chi connectivity index (χ3n) is 4.97. The van der Waals surface area contributed by atoms with Crippen LogP contribution in [0.25, 0.3) is 10.9 Å². The zero-order valence-corrected chi connectivity index (χ0v) is 16.5. The number of hydrogen-bond donors (Lipinski definition) is 1. The zero-order chi connectivity index (χ0) is 21.5. The van der Waals surface area contributed by atoms with Gasteiger partial charge in [-0.2, -0.15) is 18.3 Å². The average molecular weight is 436 g/mol. The van der Waals surface area contributed by atoms with Crippen molar-refractivity contribution in [3.05, 3.63) is 71.0 Å². The van der Waals surface area contributed by atoms with Crippen LogP contribution in [0.4, 0.5) is 19.0 Å². The second kappa shape index (κ2) is 7.68. The van der Waals surface area contributed by atoms with E-state index >= 15 is 0 Å². The van der Waals surface area contributed by atoms with Gasteiger partial charge in [0.15, 0.2) is 5.82 Å². The average Bonchev–Trinajstić information content (AvgIpc) is 3.26. The van der Waals surface area contributed by atoms with Crippen LogP contribution in [0.2, 0.25) is 5.02 Å². The number of halogens is 4. The molecule has 2 aromatic carbocycles. The summed E-state index contributed by atoms with van der Waals surface area (Å²) in [5.41, 5.74) is 0.573. The monoisotopic (exact) mass is 435 g/mol. The van der Waals surface area contributed by atoms with Crippen LogP contribution in [0.15, 0.2) is 54.8 Å². The highest BCUT2D eigenvalue weighted by atomic mass is 35.5. The second-order valence-corrected chi connectivity index (χ2v) is 7.43. The minimum absolute atomic E-state index is 0.216. The van der Waals surface area contributed by atoms with Crippen molar-refractivity contribution in [2.75, 3.05) is 5.32 Å². The van der Waals surface area contributed by atoms with E-state index in [2.05, 4.69) is 10.4 Å². The van der Waals surface area contributed by atoms with E-state index < -0.39 is 17.7 Å². The highest BCUT2D eigenvalue weighted by Crippen LogP contribution is 2.32. The van der Waals surface area contributed by atoms with Gasteiger partial charge in [0.25, 0.3) is 0 Å². The summed E-state index contributed by atoms with van der Waals surface area (Å²) in [7, 11) is 0. The summed E-state index contributed by atoms with van der Waals surface area (Å²) in [6.07, 6.45) is -1.52. The van der Waals surface area contributed by atoms with Gasteiger partial charge in [-0.25, -0.2) is 0 Å². The molecule has 1 N–H and O–H groups in total. The number of carbonyl (C=O) groups is 1. The molecule has 0 aliphatic carbocycles. The van der Waals surface area contributed by atoms with Crippen molar-refractivity contribution in [2.45, 2.75) is 25.7 Å². The Balaban J connectivity index is 1.65. The summed E-state index contributed by atoms with van der Waals surface area (Å²) in [6.45, 7) is 2.01. The predicted molar refractivity (Wildman–Crippen MR) is 107 cm³/mol. The number of anilines is 1. The molecule has 1 aromatic heterocycles. The second-order valence-electron chi connectivity index (χ2n) is 7.02. The molecule has 0 saturated heterocycles. The molecule has 30 heavy (non-hydrogen) atoms. The molecule has 0 fully saturated rings. The quantitative estimate of drug-likeness (QED) is 0.609. The van der Waals surface area contributed by atoms with Gasteiger partial charge in [0, 0.05) is 0 Å². The van der Waals surface area contributed by atoms with Crippen LogP contribution >= 0.6 is 11.6 Å². The molecule has 1 aliphatic rings. The number of aromatic nitrogens is 2. The molecule has 2 unspecified atom stereocenters. The van der Waals surface area contributed by atoms with Crippen LogP contribution in [-0.2, 0) is 22.3 Å². The first-order chi connectivity index (χ1) is 14.2. The number of hydrogen-bond acceptors (Lipinski definition) is 3. The van der Waals surface area contributed by atoms with Gasteiger partial charge >= 0.3 is 6.18 Å². The van der Waals surface area contributed by atoms with Crippen molar-refractivity contribution >= 4 is 34.2 Å². The predicted octanol–water partition coefficient (Wildman–Crippen LogP) is 5.24. The van der Waals surface area contributed by atoms with Gasteiger partial charge in [-0.05, 0) is 42.8 Å². The molecule has 3 aromatic rings. The Bertz CT molecular complexity index is 1120. The normalized spacial score (nSPS) is 18.6. The van der Waals surface area contributed by atoms with Gasteiger partial charge in [0.2, 0.25) is 5.91 Å². The number of fused-ring (bicyclic) bond motifs is 1. The van der Waals surface area contributed by atoms with E-state index in [0.717, 1.165) is 12.1 Å². The first kappa shape index (κ1) is 20.3. The van der Waals surface area contributed by atoms with Crippen LogP contribution in [-0.4, -0.2) is 21.8 Å². The Labute approximate surface area is 175 Å². The van der Waals surface area contributed by atoms with Crippen LogP contribution in [0.1, 0.15) is 18.1 Å². The maximum absolute atomic E-state index is 12.8. The van der Waals surface area contributed by atoms with E-state index in [-0.39, 0.29) is 18.6 Å². The molecule has 0 bridgehead atoms. The number of amides is 1. The molecule has 0 saturated carbocycles. The van der Waals surface area contributed by atoms with Crippen molar-refractivity contribution in [2.24, 2.45) is 5.92 Å². The number of nitrogens with zero attached hydrogens (tertiary/aromatic N) is 2. The lowest BCUT2D eigenvalue weighted by atomic mass is 10.0. The summed E-state index contributed by atoms with van der Waals surface area (Å²) < 4.78 is 45.3. The Kier molecular flexibility index (Phi) is 5.19. The summed E-state index contributed by atoms with van der Waals surface area (Å²) in [5, 5.41) is 8.24. The van der Waals surface area contributed by atoms with E-state index in [1.807, 2.05) is 0 Å². The highest BCUT2D eigenvalue weighted by Gasteiger charge is 2.30. The van der Waals surface area contributed by atoms with E-state index in [0.29, 0.717) is 27.3 Å². The van der Waals surface area contributed by atoms with Crippen molar-refractivity contribution in [1.29, 1.82) is 0 Å². The molecule has 0 spiro atoms. The smallest absolute Gasteiger partial charge is 0.416 e. The molecule has 1 aliphatic heterocycles. The van der Waals surface area contributed by atoms with Crippen molar-refractivity contribution in [3.8, 4) is 0 Å². The molecular weight excluding hydrogens is 419 g/mol. The Morgan fingerprint density at radius 1 is 1.23 bits per heavy atom. The summed E-state index contributed by atoms with van der Waals surface area (Å²) in [6, 6.07) is 10.1. The Hall–Kier alpha value is -3.00. The van der Waals surface area contributed by atoms with Crippen LogP contribution < -0.4 is 5.32 Å². The number of carbonyl (C=O) groups excluding carboxylic acids is 1. The van der Waals surface area contributed by atoms with Crippen molar-refractivity contribution in [3.63, 3.8) is 0 Å². The van der Waals surface area contributed by atoms with Crippen LogP contribution in [0.3, 0.4) is 0 Å². The van der Waals surface area contributed by atoms with E-state index in [1.54, 1.807) is 35.9 Å². The van der Waals surface area contributed by atoms with Crippen LogP contribution in [0, 0.1) is 5.92 Å². The molecule has 2 heterocycles. The van der Waals surface area contributed by atoms with Gasteiger partial charge < -0.3 is 10.1 Å². The molecular formula is C21H17ClF3N3O2. The maximum Gasteiger partial charge on any atom is 0.416 e. The summed E-state index contributed by atoms with van der Waals surface area (Å²) >= 11 is 6.35. The lowest BCUT2D eigenvalue weighted by Gasteiger charge is -2.13. The summed E-state index contributed by atoms with van der Waals surface area (Å²) in [4.78, 5) is 12.6. The van der Waals surface area contributed by atoms with Gasteiger partial charge in [-0.1, -0.05) is 29.8 Å². The van der Waals surface area contributed by atoms with Gasteiger partial charge in [0.05, 0.1) is 40.2 Å². The van der Waals surface area contributed by atoms with Gasteiger partial charge in [0.1, 0.15) is 6.10 Å². The number of nitrogens with one attached hydrogen (secondary N) is 1. The fourth-order valence-electron chi connectivity index (χ4n) is 3.36. The number of rotatable bonds is 4. The topological polar surface area (TPSA) is 56.1 Å². The van der Waals surface area contributed by atoms with Crippen molar-refractivity contribution in [1.82, 2.24) is 9.78 Å². The Morgan fingerprint density at radius 2 is 1.97 bits per heavy atom. The highest BCUT2D eigenvalue weighted by molar-refractivity contribution is 6.36. The number of benzene rings is 2. The lowest BCUT2D eigenvalue weighted by molar-refractivity contribution is -0.137. The van der Waals surface area contributed by atoms with Gasteiger partial charge in [-0.15, -0.1) is 0 Å². The zero-order valence-electron chi connectivity index (χ0n) is 15.8. The van der Waals surface area contributed by atoms with Crippen LogP contribution in [0.5, 0.6) is 0 Å². The molecule has 5 nitrogen and oxygen atoms in total. The van der Waals surface area contributed by atoms with E-state index in [9.17, 15) is 18.0 Å². The third-order valence-corrected chi connectivity index (χ3v) is 5.28. The third kappa shape index (κ3) is 3.87. The first-order valence-corrected chi connectivity index (χ1v) is 9.56. The van der Waals surface area contributed by atoms with Gasteiger partial charge in [-0.3, -0.25) is 9.48 Å². The molecule has 4 rings (SSSR count). The maximum atomic E-state index is 12.8. The Morgan fingerprint density at radius 3 is 2.60 bits per heavy atom. The fraction of sp³-hybridized carbons (Fsp3) is 0.238. The number of alkyl halides is 3. The molecule has 2 atom stereocenters. The van der Waals surface area contributed by atoms with Crippen molar-refractivity contribution < 1.29 is 22.7 Å². The SMILES string of the molecule is CC1OC=CC1C(=O)Nc1nn(Cc2ccc(C(F)(F)F)cc2)c2cccc(Cl)c12. The molecule has 9 heteroatoms. The largest absolute Gasteiger partial charge is 0.497 e. The molecule has 1 amide bonds. The first-order valence-electron chi connectivity index (χ1n) is 9.18. The fourth-order valence-corrected chi connectivity index (χ4v) is 3.62. The minimum atomic E-state index is -4.39. The number of ether oxygens (including phenoxy) is 1. The van der Waals surface area contributed by atoms with E-state index in [1.165, 1.54) is 18.4 Å². The summed E-state index contributed by atoms with van der Waals surface area (Å²) in [5.74, 6) is -0.445.